The fourth-order valence-corrected chi connectivity index (χ4v) is 4.20. The van der Waals surface area contributed by atoms with Crippen molar-refractivity contribution >= 4 is 10.0 Å². The average molecular weight is 324 g/mol. The first-order chi connectivity index (χ1) is 10.4. The summed E-state index contributed by atoms with van der Waals surface area (Å²) in [5.74, 6) is -0.579. The summed E-state index contributed by atoms with van der Waals surface area (Å²) in [7, 11) is -1.97. The topological polar surface area (TPSA) is 81.2 Å². The summed E-state index contributed by atoms with van der Waals surface area (Å²) in [6, 6.07) is 5.76. The summed E-state index contributed by atoms with van der Waals surface area (Å²) in [6.07, 6.45) is 2.89. The number of halogens is 1. The molecule has 3 rings (SSSR count). The number of rotatable bonds is 3. The summed E-state index contributed by atoms with van der Waals surface area (Å²) < 4.78 is 41.4. The van der Waals surface area contributed by atoms with Gasteiger partial charge in [-0.2, -0.15) is 4.31 Å². The molecule has 8 heteroatoms. The fraction of sp³-hybridized carbons (Fsp3) is 0.357. The molecule has 1 aliphatic rings. The summed E-state index contributed by atoms with van der Waals surface area (Å²) >= 11 is 0. The van der Waals surface area contributed by atoms with E-state index in [1.165, 1.54) is 29.0 Å². The predicted octanol–water partition coefficient (Wildman–Crippen LogP) is 0.675. The maximum atomic E-state index is 13.4. The van der Waals surface area contributed by atoms with Gasteiger partial charge >= 0.3 is 0 Å². The maximum absolute atomic E-state index is 13.4. The molecule has 1 aliphatic heterocycles. The predicted molar refractivity (Wildman–Crippen MR) is 79.1 cm³/mol. The minimum atomic E-state index is -3.67. The van der Waals surface area contributed by atoms with Crippen LogP contribution < -0.4 is 5.73 Å². The molecule has 118 valence electrons. The molecular weight excluding hydrogens is 307 g/mol. The standard InChI is InChI=1S/C14H17FN4O2S/c1-18-8-14(17-9-18)22(20,21)19-6-12(13(16)7-19)10-3-2-4-11(15)5-10/h2-5,8-9,12-13H,6-7,16H2,1H3/t12-,13+/m1/s1. The maximum Gasteiger partial charge on any atom is 0.262 e. The average Bonchev–Trinajstić information content (AvgIpc) is 3.05. The largest absolute Gasteiger partial charge is 0.339 e. The van der Waals surface area contributed by atoms with Crippen LogP contribution in [-0.2, 0) is 17.1 Å². The van der Waals surface area contributed by atoms with Gasteiger partial charge in [-0.1, -0.05) is 12.1 Å². The van der Waals surface area contributed by atoms with Crippen molar-refractivity contribution in [2.24, 2.45) is 12.8 Å². The van der Waals surface area contributed by atoms with E-state index in [4.69, 9.17) is 5.73 Å². The van der Waals surface area contributed by atoms with Gasteiger partial charge in [0.2, 0.25) is 0 Å². The molecule has 0 unspecified atom stereocenters. The number of benzene rings is 1. The van der Waals surface area contributed by atoms with E-state index in [0.29, 0.717) is 5.56 Å². The minimum absolute atomic E-state index is 0.00194. The fourth-order valence-electron chi connectivity index (χ4n) is 2.73. The lowest BCUT2D eigenvalue weighted by Crippen LogP contribution is -2.32. The molecule has 0 amide bonds. The van der Waals surface area contributed by atoms with Crippen molar-refractivity contribution < 1.29 is 12.8 Å². The van der Waals surface area contributed by atoms with E-state index in [9.17, 15) is 12.8 Å². The first-order valence-corrected chi connectivity index (χ1v) is 8.31. The van der Waals surface area contributed by atoms with Crippen LogP contribution in [0, 0.1) is 5.82 Å². The molecule has 0 aliphatic carbocycles. The van der Waals surface area contributed by atoms with Crippen LogP contribution in [0.4, 0.5) is 4.39 Å². The van der Waals surface area contributed by atoms with Crippen LogP contribution in [0.15, 0.2) is 41.8 Å². The van der Waals surface area contributed by atoms with E-state index in [2.05, 4.69) is 4.98 Å². The lowest BCUT2D eigenvalue weighted by molar-refractivity contribution is 0.467. The molecule has 2 atom stereocenters. The molecule has 1 saturated heterocycles. The van der Waals surface area contributed by atoms with Gasteiger partial charge in [-0.05, 0) is 17.7 Å². The van der Waals surface area contributed by atoms with E-state index >= 15 is 0 Å². The summed E-state index contributed by atoms with van der Waals surface area (Å²) in [4.78, 5) is 3.90. The van der Waals surface area contributed by atoms with Gasteiger partial charge in [0.15, 0.2) is 5.03 Å². The number of hydrogen-bond acceptors (Lipinski definition) is 4. The zero-order valence-electron chi connectivity index (χ0n) is 12.1. The highest BCUT2D eigenvalue weighted by Gasteiger charge is 2.39. The molecule has 2 heterocycles. The van der Waals surface area contributed by atoms with Crippen molar-refractivity contribution in [1.82, 2.24) is 13.9 Å². The van der Waals surface area contributed by atoms with Crippen LogP contribution in [0.2, 0.25) is 0 Å². The van der Waals surface area contributed by atoms with Gasteiger partial charge in [-0.25, -0.2) is 17.8 Å². The second-order valence-electron chi connectivity index (χ2n) is 5.52. The molecule has 0 spiro atoms. The zero-order valence-corrected chi connectivity index (χ0v) is 12.9. The third-order valence-electron chi connectivity index (χ3n) is 3.89. The van der Waals surface area contributed by atoms with Gasteiger partial charge < -0.3 is 10.3 Å². The molecule has 1 fully saturated rings. The molecule has 1 aromatic heterocycles. The molecule has 1 aromatic carbocycles. The van der Waals surface area contributed by atoms with E-state index in [0.717, 1.165) is 0 Å². The molecule has 0 bridgehead atoms. The van der Waals surface area contributed by atoms with Gasteiger partial charge in [0.25, 0.3) is 10.0 Å². The SMILES string of the molecule is Cn1cnc(S(=O)(=O)N2C[C@H](c3cccc(F)c3)[C@@H](N)C2)c1. The second kappa shape index (κ2) is 5.45. The van der Waals surface area contributed by atoms with Gasteiger partial charge in [0.05, 0.1) is 6.33 Å². The first-order valence-electron chi connectivity index (χ1n) is 6.87. The minimum Gasteiger partial charge on any atom is -0.339 e. The second-order valence-corrected chi connectivity index (χ2v) is 7.41. The number of aromatic nitrogens is 2. The molecule has 22 heavy (non-hydrogen) atoms. The zero-order chi connectivity index (χ0) is 15.9. The molecular formula is C14H17FN4O2S. The smallest absolute Gasteiger partial charge is 0.262 e. The number of nitrogens with zero attached hydrogens (tertiary/aromatic N) is 3. The highest BCUT2D eigenvalue weighted by Crippen LogP contribution is 2.30. The van der Waals surface area contributed by atoms with Crippen molar-refractivity contribution in [3.05, 3.63) is 48.2 Å². The van der Waals surface area contributed by atoms with E-state index in [1.807, 2.05) is 0 Å². The Balaban J connectivity index is 1.87. The van der Waals surface area contributed by atoms with Crippen LogP contribution in [0.5, 0.6) is 0 Å². The lowest BCUT2D eigenvalue weighted by Gasteiger charge is -2.15. The molecule has 0 saturated carbocycles. The van der Waals surface area contributed by atoms with Crippen molar-refractivity contribution in [3.63, 3.8) is 0 Å². The number of sulfonamides is 1. The Hall–Kier alpha value is -1.77. The summed E-state index contributed by atoms with van der Waals surface area (Å²) in [5.41, 5.74) is 6.79. The van der Waals surface area contributed by atoms with Crippen LogP contribution in [0.3, 0.4) is 0 Å². The third kappa shape index (κ3) is 2.65. The monoisotopic (exact) mass is 324 g/mol. The van der Waals surface area contributed by atoms with Crippen molar-refractivity contribution in [2.45, 2.75) is 17.0 Å². The van der Waals surface area contributed by atoms with Crippen molar-refractivity contribution in [3.8, 4) is 0 Å². The van der Waals surface area contributed by atoms with E-state index < -0.39 is 10.0 Å². The Bertz CT molecular complexity index is 790. The Kier molecular flexibility index (Phi) is 3.75. The highest BCUT2D eigenvalue weighted by atomic mass is 32.2. The summed E-state index contributed by atoms with van der Waals surface area (Å²) in [5, 5.41) is 0.00194. The van der Waals surface area contributed by atoms with Crippen LogP contribution in [-0.4, -0.2) is 41.4 Å². The Morgan fingerprint density at radius 1 is 1.36 bits per heavy atom. The Labute approximate surface area is 128 Å². The van der Waals surface area contributed by atoms with Gasteiger partial charge in [-0.3, -0.25) is 0 Å². The number of imidazole rings is 1. The number of nitrogens with two attached hydrogens (primary N) is 1. The molecule has 2 N–H and O–H groups in total. The molecule has 2 aromatic rings. The van der Waals surface area contributed by atoms with Gasteiger partial charge in [0, 0.05) is 38.3 Å². The van der Waals surface area contributed by atoms with E-state index in [1.54, 1.807) is 23.7 Å². The van der Waals surface area contributed by atoms with Gasteiger partial charge in [0.1, 0.15) is 5.82 Å². The van der Waals surface area contributed by atoms with Crippen LogP contribution in [0.25, 0.3) is 0 Å². The highest BCUT2D eigenvalue weighted by molar-refractivity contribution is 7.89. The quantitative estimate of drug-likeness (QED) is 0.900. The Morgan fingerprint density at radius 2 is 2.14 bits per heavy atom. The van der Waals surface area contributed by atoms with Crippen LogP contribution >= 0.6 is 0 Å². The number of hydrogen-bond donors (Lipinski definition) is 1. The third-order valence-corrected chi connectivity index (χ3v) is 5.61. The lowest BCUT2D eigenvalue weighted by atomic mass is 9.95. The van der Waals surface area contributed by atoms with E-state index in [-0.39, 0.29) is 35.9 Å². The summed E-state index contributed by atoms with van der Waals surface area (Å²) in [6.45, 7) is 0.420. The molecule has 0 radical (unpaired) electrons. The Morgan fingerprint density at radius 3 is 2.77 bits per heavy atom. The normalized spacial score (nSPS) is 23.0. The van der Waals surface area contributed by atoms with Crippen molar-refractivity contribution in [1.29, 1.82) is 0 Å². The first kappa shape index (κ1) is 15.1. The number of aryl methyl sites for hydroxylation is 1. The molecule has 6 nitrogen and oxygen atoms in total. The van der Waals surface area contributed by atoms with Gasteiger partial charge in [-0.15, -0.1) is 0 Å². The van der Waals surface area contributed by atoms with Crippen LogP contribution in [0.1, 0.15) is 11.5 Å². The van der Waals surface area contributed by atoms with Crippen molar-refractivity contribution in [2.75, 3.05) is 13.1 Å².